The van der Waals surface area contributed by atoms with Crippen LogP contribution in [0.2, 0.25) is 0 Å². The minimum atomic E-state index is -0.663. The Hall–Kier alpha value is -1.96. The SMILES string of the molecule is O=C(CCn1cnc([N+](=O)[O-])c1)N1CC(O)(C2CC2)C1. The maximum atomic E-state index is 11.9. The van der Waals surface area contributed by atoms with Crippen LogP contribution in [0.4, 0.5) is 5.82 Å². The second-order valence-corrected chi connectivity index (χ2v) is 5.60. The summed E-state index contributed by atoms with van der Waals surface area (Å²) in [6.45, 7) is 1.19. The van der Waals surface area contributed by atoms with Gasteiger partial charge in [0.25, 0.3) is 0 Å². The summed E-state index contributed by atoms with van der Waals surface area (Å²) in [6, 6.07) is 0. The van der Waals surface area contributed by atoms with Crippen LogP contribution < -0.4 is 0 Å². The molecule has 1 aliphatic carbocycles. The molecule has 0 radical (unpaired) electrons. The molecule has 1 amide bonds. The first-order chi connectivity index (χ1) is 9.48. The number of aryl methyl sites for hydroxylation is 1. The van der Waals surface area contributed by atoms with Crippen LogP contribution in [0.15, 0.2) is 12.5 Å². The molecule has 0 aromatic carbocycles. The van der Waals surface area contributed by atoms with E-state index in [1.165, 1.54) is 17.1 Å². The van der Waals surface area contributed by atoms with Crippen molar-refractivity contribution in [3.05, 3.63) is 22.6 Å². The third-order valence-electron chi connectivity index (χ3n) is 4.01. The molecule has 1 aliphatic heterocycles. The van der Waals surface area contributed by atoms with Crippen LogP contribution in [-0.2, 0) is 11.3 Å². The standard InChI is InChI=1S/C12H16N4O4/c17-11(15-6-12(18,7-15)9-1-2-9)3-4-14-5-10(13-8-14)16(19)20/h5,8-9,18H,1-4,6-7H2. The average Bonchev–Trinajstić information content (AvgIpc) is 3.11. The second kappa shape index (κ2) is 4.55. The fraction of sp³-hybridized carbons (Fsp3) is 0.667. The highest BCUT2D eigenvalue weighted by molar-refractivity contribution is 5.77. The molecule has 8 heteroatoms. The normalized spacial score (nSPS) is 20.6. The van der Waals surface area contributed by atoms with Crippen LogP contribution in [-0.4, -0.2) is 49.1 Å². The van der Waals surface area contributed by atoms with Crippen LogP contribution in [0.1, 0.15) is 19.3 Å². The topological polar surface area (TPSA) is 102 Å². The highest BCUT2D eigenvalue weighted by atomic mass is 16.6. The molecule has 8 nitrogen and oxygen atoms in total. The van der Waals surface area contributed by atoms with Gasteiger partial charge in [0.2, 0.25) is 12.2 Å². The van der Waals surface area contributed by atoms with Crippen molar-refractivity contribution in [1.29, 1.82) is 0 Å². The highest BCUT2D eigenvalue weighted by Gasteiger charge is 2.52. The number of amides is 1. The molecule has 2 fully saturated rings. The first-order valence-electron chi connectivity index (χ1n) is 6.64. The summed E-state index contributed by atoms with van der Waals surface area (Å²) in [7, 11) is 0. The summed E-state index contributed by atoms with van der Waals surface area (Å²) >= 11 is 0. The summed E-state index contributed by atoms with van der Waals surface area (Å²) in [5.74, 6) is 0.110. The number of likely N-dealkylation sites (tertiary alicyclic amines) is 1. The van der Waals surface area contributed by atoms with Crippen molar-refractivity contribution in [3.63, 3.8) is 0 Å². The first kappa shape index (κ1) is 13.0. The van der Waals surface area contributed by atoms with Gasteiger partial charge in [0.05, 0.1) is 13.1 Å². The van der Waals surface area contributed by atoms with Gasteiger partial charge < -0.3 is 24.7 Å². The lowest BCUT2D eigenvalue weighted by molar-refractivity contribution is -0.389. The van der Waals surface area contributed by atoms with E-state index in [9.17, 15) is 20.0 Å². The predicted molar refractivity (Wildman–Crippen MR) is 67.8 cm³/mol. The molecule has 20 heavy (non-hydrogen) atoms. The van der Waals surface area contributed by atoms with E-state index in [0.29, 0.717) is 25.6 Å². The van der Waals surface area contributed by atoms with Crippen LogP contribution in [0.5, 0.6) is 0 Å². The van der Waals surface area contributed by atoms with Crippen LogP contribution in [0.25, 0.3) is 0 Å². The number of carbonyl (C=O) groups excluding carboxylic acids is 1. The van der Waals surface area contributed by atoms with Gasteiger partial charge in [0.15, 0.2) is 0 Å². The Kier molecular flexibility index (Phi) is 2.97. The zero-order chi connectivity index (χ0) is 14.3. The smallest absolute Gasteiger partial charge is 0.381 e. The Labute approximate surface area is 115 Å². The largest absolute Gasteiger partial charge is 0.386 e. The van der Waals surface area contributed by atoms with Crippen LogP contribution >= 0.6 is 0 Å². The van der Waals surface area contributed by atoms with Crippen molar-refractivity contribution in [1.82, 2.24) is 14.5 Å². The van der Waals surface area contributed by atoms with Crippen molar-refractivity contribution in [2.45, 2.75) is 31.4 Å². The van der Waals surface area contributed by atoms with Gasteiger partial charge in [0.1, 0.15) is 11.8 Å². The van der Waals surface area contributed by atoms with Gasteiger partial charge in [0, 0.05) is 13.0 Å². The molecule has 108 valence electrons. The zero-order valence-corrected chi connectivity index (χ0v) is 10.9. The van der Waals surface area contributed by atoms with E-state index < -0.39 is 10.5 Å². The summed E-state index contributed by atoms with van der Waals surface area (Å²) in [5.41, 5.74) is -0.663. The van der Waals surface area contributed by atoms with Crippen LogP contribution in [0.3, 0.4) is 0 Å². The molecule has 3 rings (SSSR count). The third-order valence-corrected chi connectivity index (χ3v) is 4.01. The maximum Gasteiger partial charge on any atom is 0.381 e. The number of rotatable bonds is 5. The quantitative estimate of drug-likeness (QED) is 0.611. The maximum absolute atomic E-state index is 11.9. The van der Waals surface area contributed by atoms with Crippen molar-refractivity contribution in [2.24, 2.45) is 5.92 Å². The van der Waals surface area contributed by atoms with E-state index in [-0.39, 0.29) is 18.1 Å². The molecule has 1 saturated carbocycles. The predicted octanol–water partition coefficient (Wildman–Crippen LogP) is 0.165. The Bertz CT molecular complexity index is 545. The van der Waals surface area contributed by atoms with Crippen molar-refractivity contribution in [2.75, 3.05) is 13.1 Å². The number of nitrogens with zero attached hydrogens (tertiary/aromatic N) is 4. The van der Waals surface area contributed by atoms with Crippen molar-refractivity contribution < 1.29 is 14.8 Å². The molecule has 0 bridgehead atoms. The molecule has 1 aromatic rings. The second-order valence-electron chi connectivity index (χ2n) is 5.60. The lowest BCUT2D eigenvalue weighted by atomic mass is 9.88. The minimum absolute atomic E-state index is 0.0355. The Morgan fingerprint density at radius 2 is 2.25 bits per heavy atom. The number of imidazole rings is 1. The average molecular weight is 280 g/mol. The minimum Gasteiger partial charge on any atom is -0.386 e. The fourth-order valence-corrected chi connectivity index (χ4v) is 2.62. The molecule has 0 atom stereocenters. The summed E-state index contributed by atoms with van der Waals surface area (Å²) in [4.78, 5) is 27.1. The van der Waals surface area contributed by atoms with Gasteiger partial charge in [-0.1, -0.05) is 0 Å². The van der Waals surface area contributed by atoms with Crippen molar-refractivity contribution >= 4 is 11.7 Å². The number of hydrogen-bond donors (Lipinski definition) is 1. The number of aromatic nitrogens is 2. The van der Waals surface area contributed by atoms with E-state index in [1.807, 2.05) is 0 Å². The van der Waals surface area contributed by atoms with Gasteiger partial charge >= 0.3 is 5.82 Å². The molecular weight excluding hydrogens is 264 g/mol. The molecule has 2 aliphatic rings. The Balaban J connectivity index is 1.46. The van der Waals surface area contributed by atoms with Crippen molar-refractivity contribution in [3.8, 4) is 0 Å². The Morgan fingerprint density at radius 3 is 2.80 bits per heavy atom. The van der Waals surface area contributed by atoms with Gasteiger partial charge in [-0.2, -0.15) is 0 Å². The number of hydrogen-bond acceptors (Lipinski definition) is 5. The monoisotopic (exact) mass is 280 g/mol. The fourth-order valence-electron chi connectivity index (χ4n) is 2.62. The highest BCUT2D eigenvalue weighted by Crippen LogP contribution is 2.44. The number of β-amino-alcohol motifs (C(OH)–C–C–N with tert-alkyl or cyclic N) is 1. The summed E-state index contributed by atoms with van der Waals surface area (Å²) < 4.78 is 1.53. The molecule has 0 unspecified atom stereocenters. The summed E-state index contributed by atoms with van der Waals surface area (Å²) in [6.07, 6.45) is 5.02. The number of aliphatic hydroxyl groups is 1. The van der Waals surface area contributed by atoms with E-state index in [2.05, 4.69) is 4.98 Å². The molecule has 0 spiro atoms. The third kappa shape index (κ3) is 2.38. The number of carbonyl (C=O) groups is 1. The van der Waals surface area contributed by atoms with E-state index >= 15 is 0 Å². The molecule has 2 heterocycles. The van der Waals surface area contributed by atoms with Gasteiger partial charge in [-0.15, -0.1) is 0 Å². The number of nitro groups is 1. The zero-order valence-electron chi connectivity index (χ0n) is 10.9. The first-order valence-corrected chi connectivity index (χ1v) is 6.64. The molecule has 1 N–H and O–H groups in total. The summed E-state index contributed by atoms with van der Waals surface area (Å²) in [5, 5.41) is 20.6. The molecule has 1 aromatic heterocycles. The Morgan fingerprint density at radius 1 is 1.55 bits per heavy atom. The lowest BCUT2D eigenvalue weighted by Gasteiger charge is -2.47. The van der Waals surface area contributed by atoms with E-state index in [4.69, 9.17) is 0 Å². The molecule has 1 saturated heterocycles. The van der Waals surface area contributed by atoms with Crippen LogP contribution in [0, 0.1) is 16.0 Å². The van der Waals surface area contributed by atoms with Gasteiger partial charge in [-0.05, 0) is 28.7 Å². The van der Waals surface area contributed by atoms with Gasteiger partial charge in [-0.3, -0.25) is 4.79 Å². The van der Waals surface area contributed by atoms with E-state index in [1.54, 1.807) is 4.90 Å². The molecular formula is C12H16N4O4. The van der Waals surface area contributed by atoms with Gasteiger partial charge in [-0.25, -0.2) is 0 Å². The van der Waals surface area contributed by atoms with E-state index in [0.717, 1.165) is 12.8 Å². The lowest BCUT2D eigenvalue weighted by Crippen LogP contribution is -2.64.